The maximum absolute atomic E-state index is 12.6. The number of hydrogen-bond donors (Lipinski definition) is 1. The fraction of sp³-hybridized carbons (Fsp3) is 0.278. The second-order valence-electron chi connectivity index (χ2n) is 6.05. The monoisotopic (exact) mass is 419 g/mol. The van der Waals surface area contributed by atoms with Gasteiger partial charge < -0.3 is 5.32 Å². The molecule has 0 saturated carbocycles. The number of carbonyl (C=O) groups excluding carboxylic acids is 1. The zero-order valence-electron chi connectivity index (χ0n) is 15.5. The van der Waals surface area contributed by atoms with Crippen LogP contribution in [0.2, 0.25) is 5.02 Å². The Morgan fingerprint density at radius 2 is 1.96 bits per heavy atom. The van der Waals surface area contributed by atoms with Gasteiger partial charge in [-0.05, 0) is 18.2 Å². The van der Waals surface area contributed by atoms with Crippen LogP contribution < -0.4 is 16.6 Å². The fourth-order valence-electron chi connectivity index (χ4n) is 2.63. The Morgan fingerprint density at radius 3 is 2.64 bits per heavy atom. The van der Waals surface area contributed by atoms with E-state index >= 15 is 0 Å². The van der Waals surface area contributed by atoms with E-state index in [9.17, 15) is 14.4 Å². The van der Waals surface area contributed by atoms with E-state index in [0.29, 0.717) is 28.0 Å². The van der Waals surface area contributed by atoms with Gasteiger partial charge in [0.05, 0.1) is 5.75 Å². The van der Waals surface area contributed by atoms with Crippen LogP contribution in [-0.4, -0.2) is 30.8 Å². The van der Waals surface area contributed by atoms with Gasteiger partial charge in [-0.15, -0.1) is 0 Å². The highest BCUT2D eigenvalue weighted by Crippen LogP contribution is 2.23. The first kappa shape index (κ1) is 20.1. The normalized spacial score (nSPS) is 11.0. The van der Waals surface area contributed by atoms with Gasteiger partial charge in [0.2, 0.25) is 5.91 Å². The van der Waals surface area contributed by atoms with Crippen molar-refractivity contribution in [2.75, 3.05) is 11.1 Å². The number of fused-ring (bicyclic) bond motifs is 1. The second kappa shape index (κ2) is 8.15. The lowest BCUT2D eigenvalue weighted by molar-refractivity contribution is -0.113. The second-order valence-corrected chi connectivity index (χ2v) is 7.45. The molecule has 2 heterocycles. The molecule has 10 heteroatoms. The Labute approximate surface area is 169 Å². The highest BCUT2D eigenvalue weighted by atomic mass is 35.5. The van der Waals surface area contributed by atoms with Crippen LogP contribution in [0.5, 0.6) is 0 Å². The zero-order chi connectivity index (χ0) is 20.4. The minimum absolute atomic E-state index is 0.0355. The van der Waals surface area contributed by atoms with Crippen molar-refractivity contribution in [2.45, 2.75) is 18.4 Å². The molecule has 8 nitrogen and oxygen atoms in total. The van der Waals surface area contributed by atoms with Gasteiger partial charge in [-0.3, -0.25) is 18.7 Å². The number of carbonyl (C=O) groups is 1. The van der Waals surface area contributed by atoms with Crippen LogP contribution in [0.4, 0.5) is 5.69 Å². The lowest BCUT2D eigenvalue weighted by Gasteiger charge is -2.11. The number of nitrogens with zero attached hydrogens (tertiary/aromatic N) is 4. The maximum Gasteiger partial charge on any atom is 0.332 e. The van der Waals surface area contributed by atoms with E-state index in [1.807, 2.05) is 6.92 Å². The molecule has 1 N–H and O–H groups in total. The van der Waals surface area contributed by atoms with E-state index in [1.165, 1.54) is 11.6 Å². The maximum atomic E-state index is 12.6. The van der Waals surface area contributed by atoms with Gasteiger partial charge in [0.15, 0.2) is 5.65 Å². The molecule has 0 aliphatic carbocycles. The molecule has 0 radical (unpaired) electrons. The molecule has 28 heavy (non-hydrogen) atoms. The van der Waals surface area contributed by atoms with Crippen LogP contribution in [-0.2, 0) is 25.3 Å². The Balaban J connectivity index is 1.95. The number of halogens is 1. The lowest BCUT2D eigenvalue weighted by Crippen LogP contribution is -2.37. The average molecular weight is 420 g/mol. The first-order chi connectivity index (χ1) is 13.3. The van der Waals surface area contributed by atoms with Crippen molar-refractivity contribution in [3.05, 3.63) is 56.0 Å². The zero-order valence-corrected chi connectivity index (χ0v) is 17.1. The third kappa shape index (κ3) is 3.95. The summed E-state index contributed by atoms with van der Waals surface area (Å²) in [6, 6.07) is 6.83. The molecule has 2 aromatic heterocycles. The van der Waals surface area contributed by atoms with Crippen LogP contribution in [0.1, 0.15) is 12.7 Å². The Hall–Kier alpha value is -2.65. The molecule has 0 aliphatic heterocycles. The van der Waals surface area contributed by atoms with Crippen molar-refractivity contribution < 1.29 is 4.79 Å². The van der Waals surface area contributed by atoms with Crippen LogP contribution in [0.15, 0.2) is 38.9 Å². The summed E-state index contributed by atoms with van der Waals surface area (Å²) in [5, 5.41) is 3.87. The molecule has 146 valence electrons. The Morgan fingerprint density at radius 1 is 1.21 bits per heavy atom. The van der Waals surface area contributed by atoms with E-state index in [4.69, 9.17) is 11.6 Å². The highest BCUT2D eigenvalue weighted by Gasteiger charge is 2.18. The quantitative estimate of drug-likeness (QED) is 0.501. The van der Waals surface area contributed by atoms with Crippen molar-refractivity contribution in [1.29, 1.82) is 0 Å². The molecular weight excluding hydrogens is 402 g/mol. The Bertz CT molecular complexity index is 1190. The summed E-state index contributed by atoms with van der Waals surface area (Å²) in [5.74, 6) is 0.264. The van der Waals surface area contributed by atoms with Crippen LogP contribution in [0.3, 0.4) is 0 Å². The number of hydrogen-bond acceptors (Lipinski definition) is 6. The third-order valence-electron chi connectivity index (χ3n) is 4.08. The van der Waals surface area contributed by atoms with E-state index < -0.39 is 11.2 Å². The molecule has 0 bridgehead atoms. The predicted octanol–water partition coefficient (Wildman–Crippen LogP) is 1.97. The summed E-state index contributed by atoms with van der Waals surface area (Å²) in [7, 11) is 2.95. The van der Waals surface area contributed by atoms with Gasteiger partial charge in [0.1, 0.15) is 16.2 Å². The SMILES string of the molecule is CCc1nc(SCC(=O)Nc2cccc(Cl)c2)c2c(=O)n(C)c(=O)n(C)c2n1. The van der Waals surface area contributed by atoms with Gasteiger partial charge in [-0.25, -0.2) is 14.8 Å². The number of anilines is 1. The number of nitrogens with one attached hydrogen (secondary N) is 1. The number of thioether (sulfide) groups is 1. The van der Waals surface area contributed by atoms with Gasteiger partial charge in [-0.2, -0.15) is 0 Å². The molecule has 1 amide bonds. The molecule has 1 aromatic carbocycles. The van der Waals surface area contributed by atoms with Crippen LogP contribution in [0, 0.1) is 0 Å². The van der Waals surface area contributed by atoms with Crippen molar-refractivity contribution >= 4 is 46.0 Å². The number of rotatable bonds is 5. The summed E-state index contributed by atoms with van der Waals surface area (Å²) >= 11 is 7.05. The first-order valence-electron chi connectivity index (χ1n) is 8.46. The minimum Gasteiger partial charge on any atom is -0.325 e. The van der Waals surface area contributed by atoms with Gasteiger partial charge in [0, 0.05) is 31.2 Å². The third-order valence-corrected chi connectivity index (χ3v) is 5.29. The van der Waals surface area contributed by atoms with Gasteiger partial charge in [-0.1, -0.05) is 36.4 Å². The minimum atomic E-state index is -0.487. The Kier molecular flexibility index (Phi) is 5.85. The standard InChI is InChI=1S/C18H18ClN5O3S/c1-4-12-21-15-14(17(26)24(3)18(27)23(15)2)16(22-12)28-9-13(25)20-11-7-5-6-10(19)8-11/h5-8H,4,9H2,1-3H3,(H,20,25). The van der Waals surface area contributed by atoms with Gasteiger partial charge >= 0.3 is 5.69 Å². The van der Waals surface area contributed by atoms with Crippen molar-refractivity contribution in [3.63, 3.8) is 0 Å². The van der Waals surface area contributed by atoms with E-state index in [0.717, 1.165) is 16.3 Å². The predicted molar refractivity (Wildman–Crippen MR) is 110 cm³/mol. The van der Waals surface area contributed by atoms with Crippen molar-refractivity contribution in [1.82, 2.24) is 19.1 Å². The number of aryl methyl sites for hydroxylation is 2. The molecular formula is C18H18ClN5O3S. The summed E-state index contributed by atoms with van der Waals surface area (Å²) in [5.41, 5.74) is -0.109. The first-order valence-corrected chi connectivity index (χ1v) is 9.83. The fourth-order valence-corrected chi connectivity index (χ4v) is 3.65. The van der Waals surface area contributed by atoms with E-state index in [-0.39, 0.29) is 22.7 Å². The topological polar surface area (TPSA) is 98.9 Å². The summed E-state index contributed by atoms with van der Waals surface area (Å²) in [6.45, 7) is 1.88. The highest BCUT2D eigenvalue weighted by molar-refractivity contribution is 8.00. The van der Waals surface area contributed by atoms with E-state index in [1.54, 1.807) is 31.3 Å². The summed E-state index contributed by atoms with van der Waals surface area (Å²) in [4.78, 5) is 45.9. The smallest absolute Gasteiger partial charge is 0.325 e. The van der Waals surface area contributed by atoms with Gasteiger partial charge in [0.25, 0.3) is 5.56 Å². The lowest BCUT2D eigenvalue weighted by atomic mass is 10.3. The largest absolute Gasteiger partial charge is 0.332 e. The van der Waals surface area contributed by atoms with Crippen LogP contribution >= 0.6 is 23.4 Å². The summed E-state index contributed by atoms with van der Waals surface area (Å²) in [6.07, 6.45) is 0.529. The molecule has 0 spiro atoms. The molecule has 0 saturated heterocycles. The average Bonchev–Trinajstić information content (AvgIpc) is 2.68. The molecule has 0 aliphatic rings. The van der Waals surface area contributed by atoms with E-state index in [2.05, 4.69) is 15.3 Å². The number of aromatic nitrogens is 4. The van der Waals surface area contributed by atoms with Crippen molar-refractivity contribution in [2.24, 2.45) is 14.1 Å². The number of benzene rings is 1. The molecule has 3 aromatic rings. The number of amides is 1. The molecule has 3 rings (SSSR count). The van der Waals surface area contributed by atoms with Crippen LogP contribution in [0.25, 0.3) is 11.0 Å². The molecule has 0 atom stereocenters. The van der Waals surface area contributed by atoms with Crippen molar-refractivity contribution in [3.8, 4) is 0 Å². The molecule has 0 unspecified atom stereocenters. The molecule has 0 fully saturated rings. The summed E-state index contributed by atoms with van der Waals surface area (Å²) < 4.78 is 2.32.